The van der Waals surface area contributed by atoms with Gasteiger partial charge in [-0.1, -0.05) is 59.4 Å². The molecular weight excluding hydrogens is 432 g/mol. The van der Waals surface area contributed by atoms with E-state index in [1.54, 1.807) is 41.3 Å². The highest BCUT2D eigenvalue weighted by atomic mass is 35.5. The molecule has 2 aromatic rings. The lowest BCUT2D eigenvalue weighted by Gasteiger charge is -2.20. The Bertz CT molecular complexity index is 827. The molecule has 0 unspecified atom stereocenters. The van der Waals surface area contributed by atoms with E-state index in [0.29, 0.717) is 33.0 Å². The van der Waals surface area contributed by atoms with Crippen LogP contribution in [0.5, 0.6) is 0 Å². The van der Waals surface area contributed by atoms with Gasteiger partial charge < -0.3 is 10.6 Å². The summed E-state index contributed by atoms with van der Waals surface area (Å²) in [6.45, 7) is 2.36. The Labute approximate surface area is 177 Å². The third kappa shape index (κ3) is 6.55. The summed E-state index contributed by atoms with van der Waals surface area (Å²) in [4.78, 5) is 26.2. The van der Waals surface area contributed by atoms with E-state index < -0.39 is 0 Å². The highest BCUT2D eigenvalue weighted by Crippen LogP contribution is 2.29. The minimum atomic E-state index is -0.311. The molecule has 0 radical (unpaired) electrons. The van der Waals surface area contributed by atoms with Crippen molar-refractivity contribution in [3.63, 3.8) is 0 Å². The molecule has 9 heteroatoms. The molecule has 144 valence electrons. The number of halogens is 4. The Balaban J connectivity index is 1.94. The van der Waals surface area contributed by atoms with Crippen LogP contribution in [-0.4, -0.2) is 36.3 Å². The maximum absolute atomic E-state index is 12.3. The summed E-state index contributed by atoms with van der Waals surface area (Å²) in [7, 11) is 0. The van der Waals surface area contributed by atoms with Crippen molar-refractivity contribution in [3.05, 3.63) is 56.5 Å². The van der Waals surface area contributed by atoms with Gasteiger partial charge >= 0.3 is 0 Å². The number of rotatable bonds is 7. The van der Waals surface area contributed by atoms with Crippen LogP contribution in [0.25, 0.3) is 0 Å². The predicted octanol–water partition coefficient (Wildman–Crippen LogP) is 5.20. The number of nitrogens with zero attached hydrogens (tertiary/aromatic N) is 1. The maximum Gasteiger partial charge on any atom is 0.238 e. The van der Waals surface area contributed by atoms with Crippen LogP contribution in [0, 0.1) is 0 Å². The summed E-state index contributed by atoms with van der Waals surface area (Å²) in [6, 6.07) is 9.75. The van der Waals surface area contributed by atoms with Crippen molar-refractivity contribution in [2.24, 2.45) is 0 Å². The fraction of sp³-hybridized carbons (Fsp3) is 0.222. The number of likely N-dealkylation sites (N-methyl/N-ethyl adjacent to an activating group) is 1. The average Bonchev–Trinajstić information content (AvgIpc) is 2.61. The highest BCUT2D eigenvalue weighted by molar-refractivity contribution is 6.44. The van der Waals surface area contributed by atoms with E-state index in [2.05, 4.69) is 10.6 Å². The molecule has 0 spiro atoms. The Hall–Kier alpha value is -1.50. The molecule has 0 aliphatic carbocycles. The van der Waals surface area contributed by atoms with Crippen LogP contribution in [-0.2, 0) is 9.59 Å². The Morgan fingerprint density at radius 2 is 1.52 bits per heavy atom. The number of amides is 2. The molecule has 0 heterocycles. The summed E-state index contributed by atoms with van der Waals surface area (Å²) in [6.07, 6.45) is 0. The van der Waals surface area contributed by atoms with Crippen LogP contribution in [0.15, 0.2) is 36.4 Å². The van der Waals surface area contributed by atoms with Crippen LogP contribution in [0.1, 0.15) is 6.92 Å². The molecule has 0 fully saturated rings. The molecule has 2 N–H and O–H groups in total. The first-order chi connectivity index (χ1) is 12.8. The number of hydrogen-bond acceptors (Lipinski definition) is 3. The van der Waals surface area contributed by atoms with E-state index in [9.17, 15) is 9.59 Å². The van der Waals surface area contributed by atoms with Gasteiger partial charge in [-0.15, -0.1) is 0 Å². The van der Waals surface area contributed by atoms with E-state index in [0.717, 1.165) is 0 Å². The van der Waals surface area contributed by atoms with E-state index in [1.807, 2.05) is 6.92 Å². The van der Waals surface area contributed by atoms with Crippen LogP contribution >= 0.6 is 46.4 Å². The summed E-state index contributed by atoms with van der Waals surface area (Å²) in [5, 5.41) is 6.83. The molecule has 0 aliphatic heterocycles. The van der Waals surface area contributed by atoms with Crippen molar-refractivity contribution in [2.45, 2.75) is 6.92 Å². The van der Waals surface area contributed by atoms with Gasteiger partial charge in [0, 0.05) is 5.02 Å². The van der Waals surface area contributed by atoms with Crippen molar-refractivity contribution in [3.8, 4) is 0 Å². The molecule has 2 amide bonds. The van der Waals surface area contributed by atoms with Crippen LogP contribution in [0.3, 0.4) is 0 Å². The van der Waals surface area contributed by atoms with Crippen molar-refractivity contribution < 1.29 is 9.59 Å². The Morgan fingerprint density at radius 3 is 2.15 bits per heavy atom. The van der Waals surface area contributed by atoms with Gasteiger partial charge in [0.2, 0.25) is 11.8 Å². The third-order valence-corrected chi connectivity index (χ3v) is 4.99. The Kier molecular flexibility index (Phi) is 8.20. The molecule has 5 nitrogen and oxygen atoms in total. The zero-order chi connectivity index (χ0) is 20.0. The molecular formula is C18H17Cl4N3O2. The van der Waals surface area contributed by atoms with E-state index >= 15 is 0 Å². The second-order valence-electron chi connectivity index (χ2n) is 5.63. The lowest BCUT2D eigenvalue weighted by molar-refractivity contribution is -0.119. The smallest absolute Gasteiger partial charge is 0.238 e. The number of nitrogens with one attached hydrogen (secondary N) is 2. The summed E-state index contributed by atoms with van der Waals surface area (Å²) < 4.78 is 0. The second-order valence-corrected chi connectivity index (χ2v) is 7.25. The van der Waals surface area contributed by atoms with Crippen molar-refractivity contribution in [1.29, 1.82) is 0 Å². The van der Waals surface area contributed by atoms with E-state index in [-0.39, 0.29) is 29.9 Å². The third-order valence-electron chi connectivity index (χ3n) is 3.61. The Morgan fingerprint density at radius 1 is 0.889 bits per heavy atom. The maximum atomic E-state index is 12.3. The number of benzene rings is 2. The molecule has 2 aromatic carbocycles. The second kappa shape index (κ2) is 10.2. The van der Waals surface area contributed by atoms with Crippen LogP contribution < -0.4 is 10.6 Å². The summed E-state index contributed by atoms with van der Waals surface area (Å²) in [5.41, 5.74) is 0.834. The molecule has 0 aromatic heterocycles. The molecule has 0 saturated carbocycles. The zero-order valence-corrected chi connectivity index (χ0v) is 17.4. The number of carbonyl (C=O) groups excluding carboxylic acids is 2. The zero-order valence-electron chi connectivity index (χ0n) is 14.4. The van der Waals surface area contributed by atoms with Gasteiger partial charge in [-0.2, -0.15) is 0 Å². The van der Waals surface area contributed by atoms with Gasteiger partial charge in [-0.3, -0.25) is 14.5 Å². The molecule has 0 bridgehead atoms. The van der Waals surface area contributed by atoms with Gasteiger partial charge in [0.1, 0.15) is 0 Å². The largest absolute Gasteiger partial charge is 0.324 e. The molecule has 27 heavy (non-hydrogen) atoms. The normalized spacial score (nSPS) is 10.7. The number of hydrogen-bond donors (Lipinski definition) is 2. The van der Waals surface area contributed by atoms with Gasteiger partial charge in [0.15, 0.2) is 0 Å². The van der Waals surface area contributed by atoms with E-state index in [4.69, 9.17) is 46.4 Å². The standard InChI is InChI=1S/C18H17Cl4N3O2/c1-2-25(9-16(26)23-14-5-3-4-13(21)18(14)22)10-17(27)24-15-8-11(19)6-7-12(15)20/h3-8H,2,9-10H2,1H3,(H,23,26)(H,24,27). The fourth-order valence-corrected chi connectivity index (χ4v) is 2.94. The summed E-state index contributed by atoms with van der Waals surface area (Å²) >= 11 is 23.9. The number of anilines is 2. The minimum Gasteiger partial charge on any atom is -0.324 e. The van der Waals surface area contributed by atoms with Crippen molar-refractivity contribution in [2.75, 3.05) is 30.3 Å². The first kappa shape index (κ1) is 21.8. The van der Waals surface area contributed by atoms with Crippen LogP contribution in [0.2, 0.25) is 20.1 Å². The average molecular weight is 449 g/mol. The van der Waals surface area contributed by atoms with Gasteiger partial charge in [0.05, 0.1) is 39.5 Å². The quantitative estimate of drug-likeness (QED) is 0.611. The lowest BCUT2D eigenvalue weighted by Crippen LogP contribution is -2.38. The van der Waals surface area contributed by atoms with Crippen molar-refractivity contribution >= 4 is 69.6 Å². The van der Waals surface area contributed by atoms with Gasteiger partial charge in [-0.05, 0) is 36.9 Å². The molecule has 0 saturated heterocycles. The minimum absolute atomic E-state index is 0.00996. The lowest BCUT2D eigenvalue weighted by atomic mass is 10.3. The van der Waals surface area contributed by atoms with Gasteiger partial charge in [-0.25, -0.2) is 0 Å². The fourth-order valence-electron chi connectivity index (χ4n) is 2.26. The van der Waals surface area contributed by atoms with Gasteiger partial charge in [0.25, 0.3) is 0 Å². The SMILES string of the molecule is CCN(CC(=O)Nc1cc(Cl)ccc1Cl)CC(=O)Nc1cccc(Cl)c1Cl. The van der Waals surface area contributed by atoms with Crippen molar-refractivity contribution in [1.82, 2.24) is 4.90 Å². The molecule has 0 atom stereocenters. The van der Waals surface area contributed by atoms with Crippen LogP contribution in [0.4, 0.5) is 11.4 Å². The first-order valence-electron chi connectivity index (χ1n) is 8.01. The monoisotopic (exact) mass is 447 g/mol. The summed E-state index contributed by atoms with van der Waals surface area (Å²) in [5.74, 6) is -0.621. The molecule has 0 aliphatic rings. The first-order valence-corrected chi connectivity index (χ1v) is 9.52. The highest BCUT2D eigenvalue weighted by Gasteiger charge is 2.15. The topological polar surface area (TPSA) is 61.4 Å². The molecule has 2 rings (SSSR count). The van der Waals surface area contributed by atoms with E-state index in [1.165, 1.54) is 0 Å². The predicted molar refractivity (Wildman–Crippen MR) is 112 cm³/mol. The number of carbonyl (C=O) groups is 2.